The molecule has 0 saturated carbocycles. The minimum absolute atomic E-state index is 0. The smallest absolute Gasteiger partial charge is 0.310 e. The summed E-state index contributed by atoms with van der Waals surface area (Å²) in [6.07, 6.45) is -0.100. The molecule has 2 atom stereocenters. The molecule has 1 fully saturated rings. The van der Waals surface area contributed by atoms with Crippen LogP contribution in [0.3, 0.4) is 0 Å². The average molecular weight is 177 g/mol. The number of aliphatic hydroxyl groups excluding tert-OH is 1. The van der Waals surface area contributed by atoms with E-state index in [0.717, 1.165) is 6.54 Å². The maximum Gasteiger partial charge on any atom is 0.310 e. The van der Waals surface area contributed by atoms with Crippen LogP contribution in [0.1, 0.15) is 6.42 Å². The van der Waals surface area contributed by atoms with Gasteiger partial charge >= 0.3 is 5.97 Å². The molecule has 4 N–H and O–H groups in total. The molecule has 0 radical (unpaired) electrons. The summed E-state index contributed by atoms with van der Waals surface area (Å²) in [5.41, 5.74) is 0. The van der Waals surface area contributed by atoms with E-state index in [-0.39, 0.29) is 5.48 Å². The van der Waals surface area contributed by atoms with Gasteiger partial charge in [-0.25, -0.2) is 0 Å². The molecule has 5 nitrogen and oxygen atoms in total. The van der Waals surface area contributed by atoms with Gasteiger partial charge in [-0.2, -0.15) is 0 Å². The van der Waals surface area contributed by atoms with Crippen molar-refractivity contribution in [2.75, 3.05) is 20.1 Å². The van der Waals surface area contributed by atoms with Crippen molar-refractivity contribution in [3.8, 4) is 0 Å². The highest BCUT2D eigenvalue weighted by atomic mass is 16.4. The summed E-state index contributed by atoms with van der Waals surface area (Å²) in [5, 5.41) is 17.9. The molecule has 0 aromatic carbocycles. The number of aliphatic carboxylic acids is 1. The molecule has 72 valence electrons. The SMILES string of the molecule is CN1CC[C@H](O)[C@H](C(=O)O)C1.O. The fraction of sp³-hybridized carbons (Fsp3) is 0.857. The molecular formula is C7H15NO4. The van der Waals surface area contributed by atoms with Crippen molar-refractivity contribution in [3.05, 3.63) is 0 Å². The second kappa shape index (κ2) is 4.39. The minimum atomic E-state index is -0.899. The van der Waals surface area contributed by atoms with Crippen LogP contribution in [0.4, 0.5) is 0 Å². The zero-order chi connectivity index (χ0) is 8.43. The van der Waals surface area contributed by atoms with Gasteiger partial charge in [0.2, 0.25) is 0 Å². The van der Waals surface area contributed by atoms with Crippen molar-refractivity contribution >= 4 is 5.97 Å². The summed E-state index contributed by atoms with van der Waals surface area (Å²) < 4.78 is 0. The Morgan fingerprint density at radius 1 is 1.58 bits per heavy atom. The van der Waals surface area contributed by atoms with Gasteiger partial charge in [-0.05, 0) is 13.5 Å². The van der Waals surface area contributed by atoms with E-state index in [4.69, 9.17) is 5.11 Å². The van der Waals surface area contributed by atoms with Gasteiger partial charge in [0.15, 0.2) is 0 Å². The maximum absolute atomic E-state index is 10.5. The van der Waals surface area contributed by atoms with E-state index in [9.17, 15) is 9.90 Å². The van der Waals surface area contributed by atoms with Gasteiger partial charge in [0.1, 0.15) is 0 Å². The van der Waals surface area contributed by atoms with Gasteiger partial charge in [0.25, 0.3) is 0 Å². The number of rotatable bonds is 1. The lowest BCUT2D eigenvalue weighted by atomic mass is 9.95. The summed E-state index contributed by atoms with van der Waals surface area (Å²) in [5.74, 6) is -1.50. The van der Waals surface area contributed by atoms with Crippen molar-refractivity contribution in [3.63, 3.8) is 0 Å². The Bertz CT molecular complexity index is 161. The second-order valence-electron chi connectivity index (χ2n) is 3.06. The van der Waals surface area contributed by atoms with Crippen LogP contribution in [0, 0.1) is 5.92 Å². The Hall–Kier alpha value is -0.650. The number of piperidine rings is 1. The van der Waals surface area contributed by atoms with Gasteiger partial charge < -0.3 is 20.6 Å². The lowest BCUT2D eigenvalue weighted by molar-refractivity contribution is -0.148. The predicted molar refractivity (Wildman–Crippen MR) is 42.9 cm³/mol. The Morgan fingerprint density at radius 3 is 2.58 bits per heavy atom. The topological polar surface area (TPSA) is 92.3 Å². The van der Waals surface area contributed by atoms with Gasteiger partial charge in [0, 0.05) is 13.1 Å². The number of likely N-dealkylation sites (tertiary alicyclic amines) is 1. The molecule has 1 aliphatic heterocycles. The summed E-state index contributed by atoms with van der Waals surface area (Å²) in [7, 11) is 1.86. The number of nitrogens with zero attached hydrogens (tertiary/aromatic N) is 1. The minimum Gasteiger partial charge on any atom is -0.481 e. The van der Waals surface area contributed by atoms with Crippen molar-refractivity contribution < 1.29 is 20.5 Å². The molecule has 1 heterocycles. The first-order chi connectivity index (χ1) is 5.11. The molecule has 1 rings (SSSR count). The Labute approximate surface area is 70.9 Å². The van der Waals surface area contributed by atoms with Gasteiger partial charge in [-0.3, -0.25) is 4.79 Å². The molecule has 0 aliphatic carbocycles. The van der Waals surface area contributed by atoms with E-state index in [1.165, 1.54) is 0 Å². The molecule has 0 aromatic rings. The Morgan fingerprint density at radius 2 is 2.17 bits per heavy atom. The number of carbonyl (C=O) groups is 1. The van der Waals surface area contributed by atoms with Gasteiger partial charge in [-0.15, -0.1) is 0 Å². The largest absolute Gasteiger partial charge is 0.481 e. The second-order valence-corrected chi connectivity index (χ2v) is 3.06. The number of aliphatic hydroxyl groups is 1. The molecule has 0 amide bonds. The van der Waals surface area contributed by atoms with Crippen LogP contribution in [0.5, 0.6) is 0 Å². The van der Waals surface area contributed by atoms with E-state index in [0.29, 0.717) is 13.0 Å². The van der Waals surface area contributed by atoms with E-state index >= 15 is 0 Å². The van der Waals surface area contributed by atoms with Crippen LogP contribution < -0.4 is 0 Å². The monoisotopic (exact) mass is 177 g/mol. The first-order valence-electron chi connectivity index (χ1n) is 3.70. The fourth-order valence-corrected chi connectivity index (χ4v) is 1.35. The zero-order valence-corrected chi connectivity index (χ0v) is 7.03. The number of carboxylic acids is 1. The summed E-state index contributed by atoms with van der Waals surface area (Å²) >= 11 is 0. The lowest BCUT2D eigenvalue weighted by Gasteiger charge is -2.31. The molecule has 0 aromatic heterocycles. The molecule has 12 heavy (non-hydrogen) atoms. The normalized spacial score (nSPS) is 30.8. The average Bonchev–Trinajstić information content (AvgIpc) is 1.94. The number of hydrogen-bond donors (Lipinski definition) is 2. The molecule has 1 aliphatic rings. The third-order valence-electron chi connectivity index (χ3n) is 2.10. The van der Waals surface area contributed by atoms with Crippen molar-refractivity contribution in [1.29, 1.82) is 0 Å². The first kappa shape index (κ1) is 11.4. The quantitative estimate of drug-likeness (QED) is 0.513. The van der Waals surface area contributed by atoms with Crippen molar-refractivity contribution in [1.82, 2.24) is 4.90 Å². The third kappa shape index (κ3) is 2.44. The van der Waals surface area contributed by atoms with Crippen molar-refractivity contribution in [2.45, 2.75) is 12.5 Å². The first-order valence-corrected chi connectivity index (χ1v) is 3.70. The van der Waals surface area contributed by atoms with Gasteiger partial charge in [0.05, 0.1) is 12.0 Å². The molecule has 0 unspecified atom stereocenters. The fourth-order valence-electron chi connectivity index (χ4n) is 1.35. The molecule has 1 saturated heterocycles. The Kier molecular flexibility index (Phi) is 4.16. The third-order valence-corrected chi connectivity index (χ3v) is 2.10. The van der Waals surface area contributed by atoms with Crippen LogP contribution in [0.2, 0.25) is 0 Å². The highest BCUT2D eigenvalue weighted by Crippen LogP contribution is 2.15. The van der Waals surface area contributed by atoms with Crippen LogP contribution in [0.25, 0.3) is 0 Å². The lowest BCUT2D eigenvalue weighted by Crippen LogP contribution is -2.44. The number of carboxylic acid groups (broad SMARTS) is 1. The molecular weight excluding hydrogens is 162 g/mol. The Balaban J connectivity index is 0.00000121. The van der Waals surface area contributed by atoms with Crippen LogP contribution in [-0.2, 0) is 4.79 Å². The van der Waals surface area contributed by atoms with E-state index < -0.39 is 18.0 Å². The van der Waals surface area contributed by atoms with Crippen LogP contribution >= 0.6 is 0 Å². The molecule has 0 bridgehead atoms. The molecule has 0 spiro atoms. The highest BCUT2D eigenvalue weighted by molar-refractivity contribution is 5.71. The number of hydrogen-bond acceptors (Lipinski definition) is 3. The standard InChI is InChI=1S/C7H13NO3.H2O/c1-8-3-2-6(9)5(4-8)7(10)11;/h5-6,9H,2-4H2,1H3,(H,10,11);1H2/t5-,6+;/m1./s1. The van der Waals surface area contributed by atoms with Crippen molar-refractivity contribution in [2.24, 2.45) is 5.92 Å². The van der Waals surface area contributed by atoms with Crippen LogP contribution in [-0.4, -0.2) is 52.8 Å². The zero-order valence-electron chi connectivity index (χ0n) is 7.03. The van der Waals surface area contributed by atoms with E-state index in [2.05, 4.69) is 0 Å². The van der Waals surface area contributed by atoms with E-state index in [1.54, 1.807) is 0 Å². The summed E-state index contributed by atoms with van der Waals surface area (Å²) in [6, 6.07) is 0. The summed E-state index contributed by atoms with van der Waals surface area (Å²) in [6.45, 7) is 1.24. The van der Waals surface area contributed by atoms with Gasteiger partial charge in [-0.1, -0.05) is 0 Å². The summed E-state index contributed by atoms with van der Waals surface area (Å²) in [4.78, 5) is 12.4. The highest BCUT2D eigenvalue weighted by Gasteiger charge is 2.31. The maximum atomic E-state index is 10.5. The molecule has 5 heteroatoms. The van der Waals surface area contributed by atoms with Crippen LogP contribution in [0.15, 0.2) is 0 Å². The van der Waals surface area contributed by atoms with E-state index in [1.807, 2.05) is 11.9 Å². The predicted octanol–water partition coefficient (Wildman–Crippen LogP) is -1.44.